The number of hydrogen-bond acceptors (Lipinski definition) is 6. The number of rotatable bonds is 7. The van der Waals surface area contributed by atoms with Gasteiger partial charge in [0.15, 0.2) is 0 Å². The molecule has 0 spiro atoms. The van der Waals surface area contributed by atoms with Crippen LogP contribution in [-0.4, -0.2) is 31.2 Å². The highest BCUT2D eigenvalue weighted by Crippen LogP contribution is 2.44. The van der Waals surface area contributed by atoms with E-state index in [9.17, 15) is 14.3 Å². The highest BCUT2D eigenvalue weighted by molar-refractivity contribution is 7.79. The van der Waals surface area contributed by atoms with E-state index in [2.05, 4.69) is 41.8 Å². The van der Waals surface area contributed by atoms with Gasteiger partial charge in [-0.1, -0.05) is 43.0 Å². The first-order valence-corrected chi connectivity index (χ1v) is 12.7. The molecule has 0 N–H and O–H groups in total. The molecule has 1 saturated carbocycles. The molecule has 0 bridgehead atoms. The fourth-order valence-corrected chi connectivity index (χ4v) is 4.39. The number of thiol groups is 1. The van der Waals surface area contributed by atoms with Gasteiger partial charge in [-0.05, 0) is 79.4 Å². The van der Waals surface area contributed by atoms with Crippen LogP contribution >= 0.6 is 12.6 Å². The Morgan fingerprint density at radius 1 is 1.22 bits per heavy atom. The third-order valence-electron chi connectivity index (χ3n) is 5.22. The van der Waals surface area contributed by atoms with Gasteiger partial charge in [-0.2, -0.15) is 28.5 Å². The molecular weight excluding hydrogens is 438 g/mol. The van der Waals surface area contributed by atoms with Crippen molar-refractivity contribution in [1.29, 1.82) is 5.26 Å². The molecule has 0 aliphatic heterocycles. The Morgan fingerprint density at radius 3 is 2.34 bits per heavy atom. The summed E-state index contributed by atoms with van der Waals surface area (Å²) in [7, 11) is 2.26. The number of carbonyl (C=O) groups excluding carboxylic acids is 1. The van der Waals surface area contributed by atoms with E-state index in [1.165, 1.54) is 0 Å². The first-order chi connectivity index (χ1) is 15.3. The monoisotopic (exact) mass is 470 g/mol. The van der Waals surface area contributed by atoms with Crippen molar-refractivity contribution >= 4 is 29.1 Å². The maximum atomic E-state index is 12.7. The van der Waals surface area contributed by atoms with Crippen molar-refractivity contribution in [2.24, 2.45) is 4.36 Å². The minimum atomic E-state index is -1.72. The summed E-state index contributed by atoms with van der Waals surface area (Å²) in [5.41, 5.74) is 4.80. The minimum absolute atomic E-state index is 0.121. The summed E-state index contributed by atoms with van der Waals surface area (Å²) < 4.78 is 16.6. The van der Waals surface area contributed by atoms with E-state index in [1.807, 2.05) is 38.4 Å². The van der Waals surface area contributed by atoms with Crippen molar-refractivity contribution in [3.05, 3.63) is 64.2 Å². The molecule has 0 unspecified atom stereocenters. The number of nitrogens with zero attached hydrogens (tertiary/aromatic N) is 3. The van der Waals surface area contributed by atoms with Crippen molar-refractivity contribution in [3.63, 3.8) is 0 Å². The molecular formula is C25H32N3O2S2-. The van der Waals surface area contributed by atoms with Crippen molar-refractivity contribution in [2.75, 3.05) is 20.4 Å². The molecule has 5 nitrogen and oxygen atoms in total. The molecule has 3 rings (SSSR count). The van der Waals surface area contributed by atoms with Gasteiger partial charge < -0.3 is 13.5 Å². The van der Waals surface area contributed by atoms with Gasteiger partial charge in [-0.3, -0.25) is 4.79 Å². The molecule has 32 heavy (non-hydrogen) atoms. The average Bonchev–Trinajstić information content (AvgIpc) is 3.60. The summed E-state index contributed by atoms with van der Waals surface area (Å²) >= 11 is 3.53. The lowest BCUT2D eigenvalue weighted by Crippen LogP contribution is -2.10. The largest absolute Gasteiger partial charge is 0.440 e. The van der Waals surface area contributed by atoms with Crippen LogP contribution in [0.3, 0.4) is 0 Å². The van der Waals surface area contributed by atoms with Gasteiger partial charge in [-0.25, -0.2) is 0 Å². The van der Waals surface area contributed by atoms with E-state index in [-0.39, 0.29) is 18.2 Å². The summed E-state index contributed by atoms with van der Waals surface area (Å²) in [5, 5.41) is 9.38. The standard InChI is InChI=1S/C24H28N3O2S.CH4S/c1-16(2)21-11-18(14-25)12-22(19-7-8-19)23(21)13-24(28)26-30(29)20-9-5-17(6-10-20)15-27(3)4;1-2/h5-6,9-12,16,19H,7-8,13,15H2,1-4H3;2H,1H3/q-1;. The van der Waals surface area contributed by atoms with Gasteiger partial charge in [0.05, 0.1) is 18.1 Å². The molecule has 2 aromatic carbocycles. The van der Waals surface area contributed by atoms with E-state index in [4.69, 9.17) is 0 Å². The Bertz CT molecular complexity index is 1040. The normalized spacial score (nSPS) is 14.1. The van der Waals surface area contributed by atoms with Gasteiger partial charge in [0.2, 0.25) is 5.91 Å². The van der Waals surface area contributed by atoms with Gasteiger partial charge >= 0.3 is 0 Å². The zero-order chi connectivity index (χ0) is 23.8. The summed E-state index contributed by atoms with van der Waals surface area (Å²) in [6.45, 7) is 4.92. The van der Waals surface area contributed by atoms with Gasteiger partial charge in [0.25, 0.3) is 0 Å². The maximum absolute atomic E-state index is 12.7. The molecule has 2 aromatic rings. The highest BCUT2D eigenvalue weighted by Gasteiger charge is 2.28. The molecule has 0 atom stereocenters. The van der Waals surface area contributed by atoms with Crippen LogP contribution in [0.5, 0.6) is 0 Å². The fraction of sp³-hybridized carbons (Fsp3) is 0.440. The van der Waals surface area contributed by atoms with E-state index in [1.54, 1.807) is 18.4 Å². The van der Waals surface area contributed by atoms with E-state index >= 15 is 0 Å². The fourth-order valence-electron chi connectivity index (χ4n) is 3.67. The molecule has 0 saturated heterocycles. The first kappa shape index (κ1) is 26.1. The van der Waals surface area contributed by atoms with E-state index < -0.39 is 10.6 Å². The molecule has 1 amide bonds. The van der Waals surface area contributed by atoms with Crippen molar-refractivity contribution in [1.82, 2.24) is 4.90 Å². The van der Waals surface area contributed by atoms with Crippen molar-refractivity contribution in [2.45, 2.75) is 56.4 Å². The number of amides is 1. The van der Waals surface area contributed by atoms with Crippen LogP contribution in [0.15, 0.2) is 45.7 Å². The van der Waals surface area contributed by atoms with Crippen LogP contribution in [0.4, 0.5) is 0 Å². The minimum Gasteiger partial charge on any atom is -0.440 e. The number of benzene rings is 2. The SMILES string of the molecule is CC(C)c1cc(C#N)cc(C2CC2)c1CC(=O)N=[S-](=O)c1ccc(CN(C)C)cc1.CS. The Labute approximate surface area is 199 Å². The van der Waals surface area contributed by atoms with Gasteiger partial charge in [0, 0.05) is 6.54 Å². The predicted octanol–water partition coefficient (Wildman–Crippen LogP) is 5.44. The van der Waals surface area contributed by atoms with E-state index in [0.29, 0.717) is 16.4 Å². The van der Waals surface area contributed by atoms with Crippen LogP contribution in [0, 0.1) is 11.3 Å². The molecule has 7 heteroatoms. The van der Waals surface area contributed by atoms with Crippen LogP contribution in [0.1, 0.15) is 66.3 Å². The molecule has 1 aliphatic rings. The molecule has 172 valence electrons. The van der Waals surface area contributed by atoms with Crippen LogP contribution < -0.4 is 0 Å². The highest BCUT2D eigenvalue weighted by atomic mass is 32.2. The lowest BCUT2D eigenvalue weighted by Gasteiger charge is -2.18. The average molecular weight is 471 g/mol. The zero-order valence-electron chi connectivity index (χ0n) is 19.5. The van der Waals surface area contributed by atoms with Gasteiger partial charge in [-0.15, -0.1) is 0 Å². The molecule has 0 radical (unpaired) electrons. The van der Waals surface area contributed by atoms with E-state index in [0.717, 1.165) is 41.6 Å². The quantitative estimate of drug-likeness (QED) is 0.432. The Hall–Kier alpha value is -2.14. The summed E-state index contributed by atoms with van der Waals surface area (Å²) in [6, 6.07) is 13.4. The Kier molecular flexibility index (Phi) is 9.95. The third-order valence-corrected chi connectivity index (χ3v) is 6.27. The predicted molar refractivity (Wildman–Crippen MR) is 133 cm³/mol. The van der Waals surface area contributed by atoms with Crippen LogP contribution in [-0.2, 0) is 32.6 Å². The van der Waals surface area contributed by atoms with Gasteiger partial charge in [0.1, 0.15) is 0 Å². The number of hydrogen-bond donors (Lipinski definition) is 1. The second-order valence-corrected chi connectivity index (χ2v) is 9.62. The molecule has 1 aliphatic carbocycles. The van der Waals surface area contributed by atoms with Crippen molar-refractivity contribution in [3.8, 4) is 6.07 Å². The first-order valence-electron chi connectivity index (χ1n) is 10.7. The summed E-state index contributed by atoms with van der Waals surface area (Å²) in [4.78, 5) is 15.3. The third kappa shape index (κ3) is 7.19. The molecule has 0 heterocycles. The zero-order valence-corrected chi connectivity index (χ0v) is 21.2. The smallest absolute Gasteiger partial charge is 0.227 e. The lowest BCUT2D eigenvalue weighted by molar-refractivity contribution is -0.117. The summed E-state index contributed by atoms with van der Waals surface area (Å²) in [6.07, 6.45) is 3.97. The topological polar surface area (TPSA) is 73.5 Å². The Balaban J connectivity index is 0.00000176. The Morgan fingerprint density at radius 2 is 1.84 bits per heavy atom. The van der Waals surface area contributed by atoms with Crippen LogP contribution in [0.25, 0.3) is 0 Å². The second kappa shape index (κ2) is 12.2. The number of carbonyl (C=O) groups is 1. The maximum Gasteiger partial charge on any atom is 0.227 e. The summed E-state index contributed by atoms with van der Waals surface area (Å²) in [5.74, 6) is 0.209. The van der Waals surface area contributed by atoms with Crippen molar-refractivity contribution < 1.29 is 9.00 Å². The second-order valence-electron chi connectivity index (χ2n) is 8.47. The lowest BCUT2D eigenvalue weighted by atomic mass is 9.87. The number of nitriles is 1. The molecule has 0 aromatic heterocycles. The molecule has 1 fully saturated rings. The van der Waals surface area contributed by atoms with Crippen LogP contribution in [0.2, 0.25) is 0 Å².